The minimum atomic E-state index is -0.760. The Morgan fingerprint density at radius 1 is 1.28 bits per heavy atom. The fourth-order valence-electron chi connectivity index (χ4n) is 2.81. The van der Waals surface area contributed by atoms with Crippen molar-refractivity contribution in [1.82, 2.24) is 10.2 Å². The number of amides is 2. The second-order valence-corrected chi connectivity index (χ2v) is 6.34. The first-order valence-electron chi connectivity index (χ1n) is 7.94. The van der Waals surface area contributed by atoms with Crippen LogP contribution in [0.5, 0.6) is 0 Å². The molecule has 3 rings (SSSR count). The molecule has 0 saturated carbocycles. The summed E-state index contributed by atoms with van der Waals surface area (Å²) < 4.78 is 4.92. The summed E-state index contributed by atoms with van der Waals surface area (Å²) in [6.07, 6.45) is 2.20. The van der Waals surface area contributed by atoms with Gasteiger partial charge in [-0.2, -0.15) is 0 Å². The second-order valence-electron chi connectivity index (χ2n) is 5.90. The molecule has 1 N–H and O–H groups in total. The summed E-state index contributed by atoms with van der Waals surface area (Å²) in [6, 6.07) is 10.1. The predicted octanol–water partition coefficient (Wildman–Crippen LogP) is 2.08. The van der Waals surface area contributed by atoms with Gasteiger partial charge in [0.1, 0.15) is 0 Å². The molecule has 1 aromatic carbocycles. The van der Waals surface area contributed by atoms with Gasteiger partial charge in [-0.3, -0.25) is 14.4 Å². The number of nitrogens with one attached hydrogen (secondary N) is 1. The smallest absolute Gasteiger partial charge is 0.296 e. The van der Waals surface area contributed by atoms with Gasteiger partial charge < -0.3 is 14.6 Å². The molecule has 1 saturated heterocycles. The van der Waals surface area contributed by atoms with Crippen molar-refractivity contribution >= 4 is 29.2 Å². The Bertz CT molecular complexity index is 788. The third kappa shape index (κ3) is 4.28. The molecule has 0 aliphatic carbocycles. The Balaban J connectivity index is 1.52. The van der Waals surface area contributed by atoms with E-state index in [-0.39, 0.29) is 24.1 Å². The van der Waals surface area contributed by atoms with Gasteiger partial charge in [-0.05, 0) is 36.2 Å². The van der Waals surface area contributed by atoms with Gasteiger partial charge >= 0.3 is 0 Å². The van der Waals surface area contributed by atoms with Crippen LogP contribution in [0.3, 0.4) is 0 Å². The zero-order valence-electron chi connectivity index (χ0n) is 13.4. The summed E-state index contributed by atoms with van der Waals surface area (Å²) in [4.78, 5) is 37.6. The van der Waals surface area contributed by atoms with Crippen LogP contribution in [0.4, 0.5) is 0 Å². The highest BCUT2D eigenvalue weighted by Gasteiger charge is 2.32. The third-order valence-electron chi connectivity index (χ3n) is 4.06. The summed E-state index contributed by atoms with van der Waals surface area (Å²) >= 11 is 5.95. The number of nitrogens with zero attached hydrogens (tertiary/aromatic N) is 1. The fourth-order valence-corrected chi connectivity index (χ4v) is 3.02. The summed E-state index contributed by atoms with van der Waals surface area (Å²) in [5.41, 5.74) is 1.04. The maximum Gasteiger partial charge on any atom is 0.296 e. The normalized spacial score (nSPS) is 16.9. The van der Waals surface area contributed by atoms with Gasteiger partial charge in [0, 0.05) is 24.5 Å². The molecule has 2 aromatic rings. The summed E-state index contributed by atoms with van der Waals surface area (Å²) in [6.45, 7) is 0.925. The van der Waals surface area contributed by atoms with Crippen LogP contribution in [0.25, 0.3) is 0 Å². The first-order valence-corrected chi connectivity index (χ1v) is 8.31. The molecule has 1 fully saturated rings. The first-order chi connectivity index (χ1) is 12.0. The molecule has 1 aromatic heterocycles. The molecule has 7 heteroatoms. The Labute approximate surface area is 149 Å². The molecule has 2 heterocycles. The SMILES string of the molecule is O=C(N[C@@H]1CC(=O)N(CCc2cccc(Cl)c2)C1)C(=O)c1ccco1. The highest BCUT2D eigenvalue weighted by Crippen LogP contribution is 2.15. The van der Waals surface area contributed by atoms with Crippen molar-refractivity contribution in [1.29, 1.82) is 0 Å². The Hall–Kier alpha value is -2.60. The van der Waals surface area contributed by atoms with Gasteiger partial charge in [-0.25, -0.2) is 0 Å². The van der Waals surface area contributed by atoms with Crippen LogP contribution in [-0.2, 0) is 16.0 Å². The lowest BCUT2D eigenvalue weighted by Gasteiger charge is -2.17. The quantitative estimate of drug-likeness (QED) is 0.631. The molecule has 0 spiro atoms. The van der Waals surface area contributed by atoms with E-state index >= 15 is 0 Å². The zero-order valence-corrected chi connectivity index (χ0v) is 14.2. The van der Waals surface area contributed by atoms with E-state index < -0.39 is 11.7 Å². The van der Waals surface area contributed by atoms with Gasteiger partial charge in [0.25, 0.3) is 11.7 Å². The van der Waals surface area contributed by atoms with Gasteiger partial charge in [-0.1, -0.05) is 23.7 Å². The molecule has 0 bridgehead atoms. The molecular formula is C18H17ClN2O4. The molecular weight excluding hydrogens is 344 g/mol. The van der Waals surface area contributed by atoms with E-state index in [0.717, 1.165) is 5.56 Å². The van der Waals surface area contributed by atoms with Gasteiger partial charge in [0.15, 0.2) is 5.76 Å². The van der Waals surface area contributed by atoms with Gasteiger partial charge in [0.2, 0.25) is 5.91 Å². The van der Waals surface area contributed by atoms with Crippen molar-refractivity contribution in [3.8, 4) is 0 Å². The van der Waals surface area contributed by atoms with E-state index in [1.165, 1.54) is 18.4 Å². The highest BCUT2D eigenvalue weighted by atomic mass is 35.5. The van der Waals surface area contributed by atoms with E-state index in [2.05, 4.69) is 5.32 Å². The fraction of sp³-hybridized carbons (Fsp3) is 0.278. The number of hydrogen-bond donors (Lipinski definition) is 1. The molecule has 25 heavy (non-hydrogen) atoms. The van der Waals surface area contributed by atoms with Crippen LogP contribution in [-0.4, -0.2) is 41.6 Å². The van der Waals surface area contributed by atoms with Crippen molar-refractivity contribution in [2.24, 2.45) is 0 Å². The van der Waals surface area contributed by atoms with Crippen LogP contribution in [0.15, 0.2) is 47.1 Å². The number of carbonyl (C=O) groups excluding carboxylic acids is 3. The van der Waals surface area contributed by atoms with Crippen LogP contribution >= 0.6 is 11.6 Å². The largest absolute Gasteiger partial charge is 0.461 e. The van der Waals surface area contributed by atoms with Crippen LogP contribution in [0, 0.1) is 0 Å². The van der Waals surface area contributed by atoms with Gasteiger partial charge in [-0.15, -0.1) is 0 Å². The number of furan rings is 1. The minimum Gasteiger partial charge on any atom is -0.461 e. The van der Waals surface area contributed by atoms with Crippen LogP contribution in [0.2, 0.25) is 5.02 Å². The second kappa shape index (κ2) is 7.53. The van der Waals surface area contributed by atoms with E-state index in [0.29, 0.717) is 24.5 Å². The lowest BCUT2D eigenvalue weighted by molar-refractivity contribution is -0.127. The van der Waals surface area contributed by atoms with Crippen molar-refractivity contribution < 1.29 is 18.8 Å². The van der Waals surface area contributed by atoms with E-state index in [4.69, 9.17) is 16.0 Å². The Morgan fingerprint density at radius 3 is 2.84 bits per heavy atom. The monoisotopic (exact) mass is 360 g/mol. The molecule has 1 atom stereocenters. The molecule has 0 unspecified atom stereocenters. The number of benzene rings is 1. The molecule has 6 nitrogen and oxygen atoms in total. The number of carbonyl (C=O) groups is 3. The number of hydrogen-bond acceptors (Lipinski definition) is 4. The minimum absolute atomic E-state index is 0.0142. The number of likely N-dealkylation sites (tertiary alicyclic amines) is 1. The maximum atomic E-state index is 12.1. The summed E-state index contributed by atoms with van der Waals surface area (Å²) in [7, 11) is 0. The van der Waals surface area contributed by atoms with Crippen LogP contribution < -0.4 is 5.32 Å². The maximum absolute atomic E-state index is 12.1. The molecule has 1 aliphatic heterocycles. The summed E-state index contributed by atoms with van der Waals surface area (Å²) in [5.74, 6) is -1.56. The molecule has 130 valence electrons. The van der Waals surface area contributed by atoms with E-state index in [1.807, 2.05) is 18.2 Å². The van der Waals surface area contributed by atoms with Crippen LogP contribution in [0.1, 0.15) is 22.5 Å². The van der Waals surface area contributed by atoms with Crippen molar-refractivity contribution in [3.05, 3.63) is 59.0 Å². The molecule has 0 radical (unpaired) electrons. The lowest BCUT2D eigenvalue weighted by atomic mass is 10.1. The number of rotatable bonds is 6. The number of halogens is 1. The number of ketones is 1. The molecule has 1 aliphatic rings. The molecule has 2 amide bonds. The lowest BCUT2D eigenvalue weighted by Crippen LogP contribution is -2.41. The average Bonchev–Trinajstić information content (AvgIpc) is 3.22. The zero-order chi connectivity index (χ0) is 17.8. The van der Waals surface area contributed by atoms with Crippen molar-refractivity contribution in [3.63, 3.8) is 0 Å². The standard InChI is InChI=1S/C18H17ClN2O4/c19-13-4-1-3-12(9-13)6-7-21-11-14(10-16(21)22)20-18(24)17(23)15-5-2-8-25-15/h1-5,8-9,14H,6-7,10-11H2,(H,20,24)/t14-/m1/s1. The first kappa shape index (κ1) is 17.2. The third-order valence-corrected chi connectivity index (χ3v) is 4.30. The van der Waals surface area contributed by atoms with Gasteiger partial charge in [0.05, 0.1) is 12.3 Å². The predicted molar refractivity (Wildman–Crippen MR) is 91.3 cm³/mol. The average molecular weight is 361 g/mol. The Kier molecular flexibility index (Phi) is 5.19. The van der Waals surface area contributed by atoms with Crippen molar-refractivity contribution in [2.75, 3.05) is 13.1 Å². The topological polar surface area (TPSA) is 79.6 Å². The highest BCUT2D eigenvalue weighted by molar-refractivity contribution is 6.42. The van der Waals surface area contributed by atoms with Crippen molar-refractivity contribution in [2.45, 2.75) is 18.9 Å². The van der Waals surface area contributed by atoms with E-state index in [1.54, 1.807) is 11.0 Å². The Morgan fingerprint density at radius 2 is 2.12 bits per heavy atom. The van der Waals surface area contributed by atoms with E-state index in [9.17, 15) is 14.4 Å². The number of Topliss-reactive ketones (excluding diaryl/α,β-unsaturated/α-hetero) is 1. The summed E-state index contributed by atoms with van der Waals surface area (Å²) in [5, 5.41) is 3.26.